The van der Waals surface area contributed by atoms with Crippen molar-refractivity contribution < 1.29 is 35.9 Å². The van der Waals surface area contributed by atoms with Gasteiger partial charge in [-0.2, -0.15) is 13.2 Å². The summed E-state index contributed by atoms with van der Waals surface area (Å²) in [5, 5.41) is 4.19. The van der Waals surface area contributed by atoms with E-state index in [1.165, 1.54) is 32.0 Å². The fourth-order valence-corrected chi connectivity index (χ4v) is 4.12. The fraction of sp³-hybridized carbons (Fsp3) is 0.360. The number of rotatable bonds is 10. The van der Waals surface area contributed by atoms with Crippen LogP contribution in [-0.2, 0) is 4.79 Å². The van der Waals surface area contributed by atoms with Crippen LogP contribution in [0.25, 0.3) is 5.83 Å². The molecule has 0 aliphatic heterocycles. The Hall–Kier alpha value is -2.27. The Balaban J connectivity index is 2.31. The van der Waals surface area contributed by atoms with Crippen molar-refractivity contribution in [2.75, 3.05) is 13.1 Å². The van der Waals surface area contributed by atoms with Crippen molar-refractivity contribution in [3.05, 3.63) is 73.7 Å². The number of hydrogen-bond acceptors (Lipinski definition) is 3. The monoisotopic (exact) mass is 602 g/mol. The molecule has 0 aliphatic carbocycles. The number of allylic oxidation sites excluding steroid dienone is 1. The number of carbonyl (C=O) groups excluding carboxylic acids is 2. The normalized spacial score (nSPS) is 15.1. The van der Waals surface area contributed by atoms with Crippen LogP contribution in [0.5, 0.6) is 0 Å². The first-order valence-electron chi connectivity index (χ1n) is 10.9. The minimum absolute atomic E-state index is 0.000849. The van der Waals surface area contributed by atoms with Crippen molar-refractivity contribution in [2.24, 2.45) is 0 Å². The summed E-state index contributed by atoms with van der Waals surface area (Å²) < 4.78 is 81.1. The van der Waals surface area contributed by atoms with Crippen LogP contribution in [0.3, 0.4) is 0 Å². The van der Waals surface area contributed by atoms with Gasteiger partial charge in [0.25, 0.3) is 11.8 Å². The second-order valence-corrected chi connectivity index (χ2v) is 10.2. The molecule has 0 heterocycles. The summed E-state index contributed by atoms with van der Waals surface area (Å²) in [6, 6.07) is 5.92. The van der Waals surface area contributed by atoms with E-state index in [0.717, 1.165) is 12.1 Å². The van der Waals surface area contributed by atoms with Gasteiger partial charge in [0.1, 0.15) is 17.7 Å². The molecule has 0 saturated carbocycles. The number of halogens is 9. The van der Waals surface area contributed by atoms with E-state index in [1.807, 2.05) is 0 Å². The SMILES string of the molecule is Cc1cc(/C(F)=C/C(c2cc(Cl)c(Cl)c(Cl)c2)C(C)(F)F)ccc1C(=O)N[C@](C)(C=O)CNCC(F)(F)F. The molecular formula is C25H23Cl3F6N2O2. The minimum atomic E-state index is -4.51. The molecule has 2 atom stereocenters. The van der Waals surface area contributed by atoms with E-state index in [-0.39, 0.29) is 37.3 Å². The number of aldehydes is 1. The molecule has 0 radical (unpaired) electrons. The van der Waals surface area contributed by atoms with Crippen LogP contribution in [0.15, 0.2) is 36.4 Å². The highest BCUT2D eigenvalue weighted by Gasteiger charge is 2.35. The maximum atomic E-state index is 15.1. The zero-order valence-electron chi connectivity index (χ0n) is 20.3. The highest BCUT2D eigenvalue weighted by Crippen LogP contribution is 2.41. The Morgan fingerprint density at radius 2 is 1.58 bits per heavy atom. The summed E-state index contributed by atoms with van der Waals surface area (Å²) in [7, 11) is 0. The van der Waals surface area contributed by atoms with E-state index in [1.54, 1.807) is 0 Å². The molecule has 2 aromatic carbocycles. The van der Waals surface area contributed by atoms with Gasteiger partial charge in [0.2, 0.25) is 0 Å². The molecular weight excluding hydrogens is 581 g/mol. The van der Waals surface area contributed by atoms with Crippen molar-refractivity contribution in [3.63, 3.8) is 0 Å². The third-order valence-electron chi connectivity index (χ3n) is 5.45. The number of benzene rings is 2. The van der Waals surface area contributed by atoms with E-state index in [2.05, 4.69) is 10.6 Å². The van der Waals surface area contributed by atoms with Gasteiger partial charge in [0.15, 0.2) is 0 Å². The molecule has 2 N–H and O–H groups in total. The number of hydrogen-bond donors (Lipinski definition) is 2. The van der Waals surface area contributed by atoms with Crippen molar-refractivity contribution in [2.45, 2.75) is 44.3 Å². The molecule has 2 aromatic rings. The van der Waals surface area contributed by atoms with Crippen LogP contribution in [0, 0.1) is 6.92 Å². The Morgan fingerprint density at radius 3 is 2.05 bits per heavy atom. The van der Waals surface area contributed by atoms with Crippen LogP contribution in [0.4, 0.5) is 26.3 Å². The molecule has 0 fully saturated rings. The molecule has 0 aliphatic rings. The Kier molecular flexibility index (Phi) is 10.3. The topological polar surface area (TPSA) is 58.2 Å². The molecule has 0 aromatic heterocycles. The smallest absolute Gasteiger partial charge is 0.339 e. The minimum Gasteiger partial charge on any atom is -0.339 e. The lowest BCUT2D eigenvalue weighted by Crippen LogP contribution is -2.55. The Morgan fingerprint density at radius 1 is 1.00 bits per heavy atom. The maximum absolute atomic E-state index is 15.1. The van der Waals surface area contributed by atoms with E-state index in [0.29, 0.717) is 19.3 Å². The van der Waals surface area contributed by atoms with Gasteiger partial charge in [-0.25, -0.2) is 13.2 Å². The summed E-state index contributed by atoms with van der Waals surface area (Å²) in [6.07, 6.45) is -3.52. The predicted molar refractivity (Wildman–Crippen MR) is 136 cm³/mol. The number of aryl methyl sites for hydroxylation is 1. The largest absolute Gasteiger partial charge is 0.401 e. The Bertz CT molecular complexity index is 1210. The number of alkyl halides is 5. The summed E-state index contributed by atoms with van der Waals surface area (Å²) in [4.78, 5) is 24.2. The molecule has 0 bridgehead atoms. The molecule has 1 amide bonds. The van der Waals surface area contributed by atoms with Gasteiger partial charge in [-0.15, -0.1) is 0 Å². The fourth-order valence-electron chi connectivity index (χ4n) is 3.51. The van der Waals surface area contributed by atoms with Gasteiger partial charge in [0.05, 0.1) is 27.5 Å². The van der Waals surface area contributed by atoms with E-state index in [4.69, 9.17) is 34.8 Å². The van der Waals surface area contributed by atoms with E-state index < -0.39 is 48.4 Å². The average Bonchev–Trinajstić information content (AvgIpc) is 2.78. The van der Waals surface area contributed by atoms with E-state index in [9.17, 15) is 31.5 Å². The van der Waals surface area contributed by atoms with Crippen molar-refractivity contribution in [3.8, 4) is 0 Å². The number of nitrogens with one attached hydrogen (secondary N) is 2. The van der Waals surface area contributed by atoms with Crippen molar-refractivity contribution >= 4 is 52.8 Å². The van der Waals surface area contributed by atoms with Gasteiger partial charge in [0, 0.05) is 24.6 Å². The Labute approximate surface area is 230 Å². The average molecular weight is 604 g/mol. The zero-order chi connectivity index (χ0) is 29.1. The molecule has 38 heavy (non-hydrogen) atoms. The summed E-state index contributed by atoms with van der Waals surface area (Å²) in [6.45, 7) is 1.41. The van der Waals surface area contributed by atoms with Crippen LogP contribution in [0.1, 0.15) is 46.8 Å². The standard InChI is InChI=1S/C25H23Cl3F6N2O2/c1-13-6-14(4-5-16(13)22(38)36-23(2,12-37)10-35-11-25(32,33)34)20(29)9-17(24(3,30)31)15-7-18(26)21(28)19(27)8-15/h4-9,12,17,35H,10-11H2,1-3H3,(H,36,38)/b20-9-/t17?,23-/m0/s1. The van der Waals surface area contributed by atoms with Gasteiger partial charge in [-0.1, -0.05) is 40.9 Å². The molecule has 0 spiro atoms. The summed E-state index contributed by atoms with van der Waals surface area (Å²) >= 11 is 17.8. The second-order valence-electron chi connectivity index (χ2n) is 8.98. The van der Waals surface area contributed by atoms with Crippen LogP contribution in [-0.4, -0.2) is 42.9 Å². The van der Waals surface area contributed by atoms with Gasteiger partial charge in [-0.05, 0) is 55.3 Å². The lowest BCUT2D eigenvalue weighted by molar-refractivity contribution is -0.126. The molecule has 4 nitrogen and oxygen atoms in total. The van der Waals surface area contributed by atoms with Gasteiger partial charge >= 0.3 is 6.18 Å². The highest BCUT2D eigenvalue weighted by atomic mass is 35.5. The molecule has 1 unspecified atom stereocenters. The quantitative estimate of drug-likeness (QED) is 0.168. The van der Waals surface area contributed by atoms with E-state index >= 15 is 4.39 Å². The first-order valence-corrected chi connectivity index (χ1v) is 12.1. The second kappa shape index (κ2) is 12.3. The summed E-state index contributed by atoms with van der Waals surface area (Å²) in [5.41, 5.74) is -1.65. The first-order chi connectivity index (χ1) is 17.4. The third kappa shape index (κ3) is 8.62. The lowest BCUT2D eigenvalue weighted by Gasteiger charge is -2.26. The molecule has 208 valence electrons. The molecule has 13 heteroatoms. The van der Waals surface area contributed by atoms with Crippen LogP contribution >= 0.6 is 34.8 Å². The number of carbonyl (C=O) groups is 2. The highest BCUT2D eigenvalue weighted by molar-refractivity contribution is 6.48. The summed E-state index contributed by atoms with van der Waals surface area (Å²) in [5.74, 6) is -7.02. The van der Waals surface area contributed by atoms with Crippen molar-refractivity contribution in [1.82, 2.24) is 10.6 Å². The van der Waals surface area contributed by atoms with Gasteiger partial charge < -0.3 is 15.4 Å². The maximum Gasteiger partial charge on any atom is 0.401 e. The van der Waals surface area contributed by atoms with Gasteiger partial charge in [-0.3, -0.25) is 4.79 Å². The molecule has 2 rings (SSSR count). The van der Waals surface area contributed by atoms with Crippen LogP contribution in [0.2, 0.25) is 15.1 Å². The van der Waals surface area contributed by atoms with Crippen molar-refractivity contribution in [1.29, 1.82) is 0 Å². The first kappa shape index (κ1) is 31.9. The third-order valence-corrected chi connectivity index (χ3v) is 6.64. The van der Waals surface area contributed by atoms with Crippen LogP contribution < -0.4 is 10.6 Å². The lowest BCUT2D eigenvalue weighted by atomic mass is 9.91. The zero-order valence-corrected chi connectivity index (χ0v) is 22.5. The number of amides is 1. The predicted octanol–water partition coefficient (Wildman–Crippen LogP) is 7.54. The molecule has 0 saturated heterocycles.